The Labute approximate surface area is 115 Å². The molecule has 0 aliphatic rings. The van der Waals surface area contributed by atoms with Crippen LogP contribution in [0.25, 0.3) is 0 Å². The minimum absolute atomic E-state index is 0.139. The van der Waals surface area contributed by atoms with Crippen LogP contribution in [0.1, 0.15) is 15.9 Å². The first kappa shape index (κ1) is 13.2. The molecule has 1 heterocycles. The summed E-state index contributed by atoms with van der Waals surface area (Å²) in [6, 6.07) is 5.25. The van der Waals surface area contributed by atoms with Gasteiger partial charge in [0.15, 0.2) is 0 Å². The van der Waals surface area contributed by atoms with Crippen LogP contribution in [0.15, 0.2) is 33.4 Å². The van der Waals surface area contributed by atoms with Gasteiger partial charge in [-0.15, -0.1) is 11.3 Å². The highest BCUT2D eigenvalue weighted by Gasteiger charge is 2.11. The van der Waals surface area contributed by atoms with E-state index in [0.717, 1.165) is 15.9 Å². The van der Waals surface area contributed by atoms with Crippen LogP contribution in [0, 0.1) is 11.6 Å². The standard InChI is InChI=1S/C12H8BrF2NOS/c13-11-4-7(6-18-11)12(17)16-5-8-9(14)2-1-3-10(8)15/h1-4,6H,5H2,(H,16,17). The molecule has 0 bridgehead atoms. The molecule has 0 atom stereocenters. The van der Waals surface area contributed by atoms with Crippen LogP contribution in [-0.4, -0.2) is 5.91 Å². The van der Waals surface area contributed by atoms with Gasteiger partial charge < -0.3 is 5.32 Å². The highest BCUT2D eigenvalue weighted by molar-refractivity contribution is 9.11. The lowest BCUT2D eigenvalue weighted by Crippen LogP contribution is -2.23. The van der Waals surface area contributed by atoms with Crippen molar-refractivity contribution in [1.29, 1.82) is 0 Å². The van der Waals surface area contributed by atoms with Crippen LogP contribution in [-0.2, 0) is 6.54 Å². The van der Waals surface area contributed by atoms with Crippen molar-refractivity contribution in [2.45, 2.75) is 6.54 Å². The van der Waals surface area contributed by atoms with Crippen molar-refractivity contribution < 1.29 is 13.6 Å². The minimum atomic E-state index is -0.665. The van der Waals surface area contributed by atoms with Crippen molar-refractivity contribution in [3.63, 3.8) is 0 Å². The Bertz CT molecular complexity index is 565. The second kappa shape index (κ2) is 5.58. The van der Waals surface area contributed by atoms with Gasteiger partial charge in [0.25, 0.3) is 5.91 Å². The zero-order valence-corrected chi connectivity index (χ0v) is 11.4. The third-order valence-electron chi connectivity index (χ3n) is 2.32. The lowest BCUT2D eigenvalue weighted by molar-refractivity contribution is 0.0950. The molecule has 0 fully saturated rings. The number of hydrogen-bond acceptors (Lipinski definition) is 2. The Hall–Kier alpha value is -1.27. The summed E-state index contributed by atoms with van der Waals surface area (Å²) < 4.78 is 27.4. The summed E-state index contributed by atoms with van der Waals surface area (Å²) in [4.78, 5) is 11.7. The van der Waals surface area contributed by atoms with E-state index in [1.54, 1.807) is 11.4 Å². The summed E-state index contributed by atoms with van der Waals surface area (Å²) >= 11 is 4.61. The van der Waals surface area contributed by atoms with Gasteiger partial charge in [-0.1, -0.05) is 6.07 Å². The van der Waals surface area contributed by atoms with E-state index < -0.39 is 11.6 Å². The number of carbonyl (C=O) groups excluding carboxylic acids is 1. The third-order valence-corrected chi connectivity index (χ3v) is 3.82. The first-order chi connectivity index (χ1) is 8.58. The second-order valence-electron chi connectivity index (χ2n) is 3.52. The molecule has 2 aromatic rings. The van der Waals surface area contributed by atoms with E-state index in [1.165, 1.54) is 17.4 Å². The van der Waals surface area contributed by atoms with E-state index in [-0.39, 0.29) is 18.0 Å². The normalized spacial score (nSPS) is 10.4. The molecule has 0 aliphatic heterocycles. The molecule has 2 nitrogen and oxygen atoms in total. The van der Waals surface area contributed by atoms with Gasteiger partial charge in [-0.25, -0.2) is 8.78 Å². The van der Waals surface area contributed by atoms with E-state index in [0.29, 0.717) is 5.56 Å². The Morgan fingerprint density at radius 2 is 2.00 bits per heavy atom. The monoisotopic (exact) mass is 331 g/mol. The predicted molar refractivity (Wildman–Crippen MR) is 69.5 cm³/mol. The number of thiophene rings is 1. The summed E-state index contributed by atoms with van der Waals surface area (Å²) in [7, 11) is 0. The van der Waals surface area contributed by atoms with Gasteiger partial charge in [0, 0.05) is 17.5 Å². The van der Waals surface area contributed by atoms with Crippen LogP contribution >= 0.6 is 27.3 Å². The molecule has 1 aromatic heterocycles. The molecule has 1 N–H and O–H groups in total. The van der Waals surface area contributed by atoms with Crippen LogP contribution in [0.5, 0.6) is 0 Å². The van der Waals surface area contributed by atoms with Gasteiger partial charge in [-0.3, -0.25) is 4.79 Å². The van der Waals surface area contributed by atoms with Crippen LogP contribution < -0.4 is 5.32 Å². The maximum Gasteiger partial charge on any atom is 0.252 e. The molecule has 0 spiro atoms. The Morgan fingerprint density at radius 1 is 1.33 bits per heavy atom. The fraction of sp³-hybridized carbons (Fsp3) is 0.0833. The van der Waals surface area contributed by atoms with Crippen LogP contribution in [0.2, 0.25) is 0 Å². The number of hydrogen-bond donors (Lipinski definition) is 1. The van der Waals surface area contributed by atoms with Gasteiger partial charge in [0.1, 0.15) is 11.6 Å². The minimum Gasteiger partial charge on any atom is -0.348 e. The van der Waals surface area contributed by atoms with Gasteiger partial charge in [0.05, 0.1) is 9.35 Å². The van der Waals surface area contributed by atoms with Crippen molar-refractivity contribution in [3.8, 4) is 0 Å². The summed E-state index contributed by atoms with van der Waals surface area (Å²) in [6.45, 7) is -0.176. The summed E-state index contributed by atoms with van der Waals surface area (Å²) in [5.41, 5.74) is 0.323. The molecule has 1 aromatic carbocycles. The Morgan fingerprint density at radius 3 is 2.56 bits per heavy atom. The molecular weight excluding hydrogens is 324 g/mol. The zero-order valence-electron chi connectivity index (χ0n) is 9.04. The van der Waals surface area contributed by atoms with Crippen LogP contribution in [0.3, 0.4) is 0 Å². The number of amides is 1. The largest absolute Gasteiger partial charge is 0.348 e. The Balaban J connectivity index is 2.06. The number of carbonyl (C=O) groups is 1. The van der Waals surface area contributed by atoms with E-state index in [9.17, 15) is 13.6 Å². The first-order valence-electron chi connectivity index (χ1n) is 5.03. The highest BCUT2D eigenvalue weighted by atomic mass is 79.9. The maximum atomic E-state index is 13.3. The number of halogens is 3. The molecule has 0 unspecified atom stereocenters. The second-order valence-corrected chi connectivity index (χ2v) is 5.81. The number of nitrogens with one attached hydrogen (secondary N) is 1. The molecule has 6 heteroatoms. The average Bonchev–Trinajstić information content (AvgIpc) is 2.75. The smallest absolute Gasteiger partial charge is 0.252 e. The Kier molecular flexibility index (Phi) is 4.08. The lowest BCUT2D eigenvalue weighted by Gasteiger charge is -2.06. The summed E-state index contributed by atoms with van der Waals surface area (Å²) in [5, 5.41) is 4.14. The van der Waals surface area contributed by atoms with Crippen molar-refractivity contribution in [2.75, 3.05) is 0 Å². The molecule has 0 radical (unpaired) electrons. The number of rotatable bonds is 3. The van der Waals surface area contributed by atoms with Crippen LogP contribution in [0.4, 0.5) is 8.78 Å². The van der Waals surface area contributed by atoms with Gasteiger partial charge >= 0.3 is 0 Å². The highest BCUT2D eigenvalue weighted by Crippen LogP contribution is 2.20. The fourth-order valence-corrected chi connectivity index (χ4v) is 2.54. The molecule has 94 valence electrons. The van der Waals surface area contributed by atoms with Crippen molar-refractivity contribution in [3.05, 3.63) is 56.2 Å². The molecule has 1 amide bonds. The SMILES string of the molecule is O=C(NCc1c(F)cccc1F)c1csc(Br)c1. The van der Waals surface area contributed by atoms with E-state index in [4.69, 9.17) is 0 Å². The molecule has 18 heavy (non-hydrogen) atoms. The maximum absolute atomic E-state index is 13.3. The fourth-order valence-electron chi connectivity index (χ4n) is 1.40. The topological polar surface area (TPSA) is 29.1 Å². The first-order valence-corrected chi connectivity index (χ1v) is 6.70. The third kappa shape index (κ3) is 2.94. The van der Waals surface area contributed by atoms with Crippen molar-refractivity contribution in [1.82, 2.24) is 5.32 Å². The number of benzene rings is 1. The quantitative estimate of drug-likeness (QED) is 0.912. The predicted octanol–water partition coefficient (Wildman–Crippen LogP) is 3.72. The summed E-state index contributed by atoms with van der Waals surface area (Å²) in [6.07, 6.45) is 0. The molecule has 0 saturated heterocycles. The van der Waals surface area contributed by atoms with Gasteiger partial charge in [-0.2, -0.15) is 0 Å². The van der Waals surface area contributed by atoms with E-state index in [1.807, 2.05) is 0 Å². The lowest BCUT2D eigenvalue weighted by atomic mass is 10.2. The average molecular weight is 332 g/mol. The molecular formula is C12H8BrF2NOS. The molecule has 0 aliphatic carbocycles. The zero-order chi connectivity index (χ0) is 13.1. The van der Waals surface area contributed by atoms with Crippen molar-refractivity contribution >= 4 is 33.2 Å². The van der Waals surface area contributed by atoms with Gasteiger partial charge in [0.2, 0.25) is 0 Å². The van der Waals surface area contributed by atoms with E-state index >= 15 is 0 Å². The summed E-state index contributed by atoms with van der Waals surface area (Å²) in [5.74, 6) is -1.69. The molecule has 0 saturated carbocycles. The molecule has 2 rings (SSSR count). The van der Waals surface area contributed by atoms with E-state index in [2.05, 4.69) is 21.2 Å². The van der Waals surface area contributed by atoms with Crippen molar-refractivity contribution in [2.24, 2.45) is 0 Å². The van der Waals surface area contributed by atoms with Gasteiger partial charge in [-0.05, 0) is 34.1 Å².